The molecule has 1 aliphatic heterocycles. The van der Waals surface area contributed by atoms with Crippen molar-refractivity contribution in [2.24, 2.45) is 0 Å². The number of nitrogens with zero attached hydrogens (tertiary/aromatic N) is 1. The molecule has 0 bridgehead atoms. The number of ether oxygens (including phenoxy) is 3. The van der Waals surface area contributed by atoms with Gasteiger partial charge in [-0.25, -0.2) is 0 Å². The fourth-order valence-corrected chi connectivity index (χ4v) is 3.89. The molecule has 2 heterocycles. The molecule has 2 aromatic carbocycles. The van der Waals surface area contributed by atoms with Gasteiger partial charge < -0.3 is 28.6 Å². The molecule has 1 N–H and O–H groups in total. The minimum atomic E-state index is -0.864. The lowest BCUT2D eigenvalue weighted by molar-refractivity contribution is -0.140. The second kappa shape index (κ2) is 9.12. The summed E-state index contributed by atoms with van der Waals surface area (Å²) in [5.74, 6) is 0.240. The van der Waals surface area contributed by atoms with Crippen molar-refractivity contribution in [1.29, 1.82) is 0 Å². The summed E-state index contributed by atoms with van der Waals surface area (Å²) in [6.45, 7) is 0.0516. The zero-order chi connectivity index (χ0) is 23.5. The molecule has 1 amide bonds. The van der Waals surface area contributed by atoms with Gasteiger partial charge in [-0.3, -0.25) is 9.59 Å². The first kappa shape index (κ1) is 22.0. The summed E-state index contributed by atoms with van der Waals surface area (Å²) < 4.78 is 21.3. The Balaban J connectivity index is 1.87. The number of furan rings is 1. The smallest absolute Gasteiger partial charge is 0.296 e. The van der Waals surface area contributed by atoms with Crippen molar-refractivity contribution in [3.05, 3.63) is 83.3 Å². The Morgan fingerprint density at radius 2 is 1.70 bits per heavy atom. The molecule has 1 aromatic heterocycles. The summed E-state index contributed by atoms with van der Waals surface area (Å²) >= 11 is 0. The number of aliphatic hydroxyl groups excluding tert-OH is 1. The van der Waals surface area contributed by atoms with Gasteiger partial charge in [0, 0.05) is 5.56 Å². The van der Waals surface area contributed by atoms with Crippen LogP contribution in [0.4, 0.5) is 0 Å². The number of hydrogen-bond donors (Lipinski definition) is 1. The highest BCUT2D eigenvalue weighted by molar-refractivity contribution is 6.46. The molecule has 0 aliphatic carbocycles. The summed E-state index contributed by atoms with van der Waals surface area (Å²) in [5.41, 5.74) is 0.940. The number of rotatable bonds is 7. The fraction of sp³-hybridized carbons (Fsp3) is 0.200. The van der Waals surface area contributed by atoms with Gasteiger partial charge in [-0.1, -0.05) is 6.07 Å². The minimum Gasteiger partial charge on any atom is -0.507 e. The van der Waals surface area contributed by atoms with Crippen LogP contribution in [0.5, 0.6) is 17.2 Å². The molecule has 1 aliphatic rings. The van der Waals surface area contributed by atoms with Gasteiger partial charge in [0.1, 0.15) is 17.3 Å². The summed E-state index contributed by atoms with van der Waals surface area (Å²) in [4.78, 5) is 27.5. The van der Waals surface area contributed by atoms with Gasteiger partial charge in [-0.2, -0.15) is 0 Å². The lowest BCUT2D eigenvalue weighted by atomic mass is 9.95. The van der Waals surface area contributed by atoms with E-state index in [1.807, 2.05) is 0 Å². The van der Waals surface area contributed by atoms with Crippen molar-refractivity contribution >= 4 is 17.4 Å². The molecular formula is C25H23NO7. The lowest BCUT2D eigenvalue weighted by Crippen LogP contribution is -2.29. The largest absolute Gasteiger partial charge is 0.507 e. The van der Waals surface area contributed by atoms with Crippen LogP contribution in [0.15, 0.2) is 70.9 Å². The topological polar surface area (TPSA) is 98.4 Å². The van der Waals surface area contributed by atoms with Gasteiger partial charge >= 0.3 is 0 Å². The molecule has 1 fully saturated rings. The quantitative estimate of drug-likeness (QED) is 0.332. The molecule has 1 saturated heterocycles. The predicted octanol–water partition coefficient (Wildman–Crippen LogP) is 3.93. The van der Waals surface area contributed by atoms with E-state index < -0.39 is 17.7 Å². The predicted molar refractivity (Wildman–Crippen MR) is 119 cm³/mol. The number of likely N-dealkylation sites (tertiary alicyclic amines) is 1. The highest BCUT2D eigenvalue weighted by atomic mass is 16.5. The van der Waals surface area contributed by atoms with E-state index in [1.54, 1.807) is 54.6 Å². The number of Topliss-reactive ketones (excluding diaryl/α,β-unsaturated/α-hetero) is 1. The van der Waals surface area contributed by atoms with Crippen LogP contribution in [-0.4, -0.2) is 43.0 Å². The first-order valence-electron chi connectivity index (χ1n) is 10.2. The second-order valence-electron chi connectivity index (χ2n) is 7.35. The van der Waals surface area contributed by atoms with E-state index >= 15 is 0 Å². The van der Waals surface area contributed by atoms with Crippen molar-refractivity contribution in [3.8, 4) is 17.2 Å². The van der Waals surface area contributed by atoms with Crippen molar-refractivity contribution in [2.45, 2.75) is 12.6 Å². The Kier molecular flexibility index (Phi) is 6.08. The number of ketones is 1. The van der Waals surface area contributed by atoms with E-state index in [4.69, 9.17) is 18.6 Å². The Labute approximate surface area is 190 Å². The maximum absolute atomic E-state index is 13.1. The maximum Gasteiger partial charge on any atom is 0.296 e. The van der Waals surface area contributed by atoms with Crippen molar-refractivity contribution < 1.29 is 33.3 Å². The summed E-state index contributed by atoms with van der Waals surface area (Å²) in [7, 11) is 4.55. The van der Waals surface area contributed by atoms with Gasteiger partial charge in [-0.05, 0) is 54.1 Å². The number of carbonyl (C=O) groups excluding carboxylic acids is 2. The van der Waals surface area contributed by atoms with E-state index in [9.17, 15) is 14.7 Å². The fourth-order valence-electron chi connectivity index (χ4n) is 3.89. The molecule has 3 aromatic rings. The number of benzene rings is 2. The molecule has 8 nitrogen and oxygen atoms in total. The van der Waals surface area contributed by atoms with E-state index in [-0.39, 0.29) is 17.9 Å². The maximum atomic E-state index is 13.1. The average Bonchev–Trinajstić information content (AvgIpc) is 3.45. The Morgan fingerprint density at radius 3 is 2.30 bits per heavy atom. The first-order chi connectivity index (χ1) is 16.0. The SMILES string of the molecule is COc1ccc(/C(O)=C2/C(=O)C(=O)N(Cc3ccco3)C2c2ccc(OC)c(OC)c2)cc1. The van der Waals surface area contributed by atoms with Gasteiger partial charge in [0.05, 0.1) is 45.8 Å². The van der Waals surface area contributed by atoms with Gasteiger partial charge in [0.2, 0.25) is 0 Å². The monoisotopic (exact) mass is 449 g/mol. The van der Waals surface area contributed by atoms with Crippen molar-refractivity contribution in [2.75, 3.05) is 21.3 Å². The second-order valence-corrected chi connectivity index (χ2v) is 7.35. The molecule has 8 heteroatoms. The number of carbonyl (C=O) groups is 2. The van der Waals surface area contributed by atoms with Crippen LogP contribution >= 0.6 is 0 Å². The van der Waals surface area contributed by atoms with Crippen LogP contribution in [0.3, 0.4) is 0 Å². The van der Waals surface area contributed by atoms with Gasteiger partial charge in [-0.15, -0.1) is 0 Å². The Hall–Kier alpha value is -4.20. The Morgan fingerprint density at radius 1 is 0.970 bits per heavy atom. The normalized spacial score (nSPS) is 17.3. The highest BCUT2D eigenvalue weighted by Crippen LogP contribution is 2.42. The van der Waals surface area contributed by atoms with E-state index in [2.05, 4.69) is 0 Å². The van der Waals surface area contributed by atoms with E-state index in [0.717, 1.165) is 0 Å². The van der Waals surface area contributed by atoms with Gasteiger partial charge in [0.25, 0.3) is 11.7 Å². The number of hydrogen-bond acceptors (Lipinski definition) is 7. The van der Waals surface area contributed by atoms with Crippen molar-refractivity contribution in [1.82, 2.24) is 4.90 Å². The molecular weight excluding hydrogens is 426 g/mol. The first-order valence-corrected chi connectivity index (χ1v) is 10.2. The van der Waals surface area contributed by atoms with Crippen LogP contribution < -0.4 is 14.2 Å². The molecule has 33 heavy (non-hydrogen) atoms. The van der Waals surface area contributed by atoms with Crippen LogP contribution in [0.25, 0.3) is 5.76 Å². The molecule has 0 spiro atoms. The summed E-state index contributed by atoms with van der Waals surface area (Å²) in [5, 5.41) is 11.1. The van der Waals surface area contributed by atoms with Crippen LogP contribution in [0.2, 0.25) is 0 Å². The number of aliphatic hydroxyl groups is 1. The standard InChI is InChI=1S/C25H23NO7/c1-30-17-9-6-15(7-10-17)23(27)21-22(16-8-11-19(31-2)20(13-16)32-3)26(25(29)24(21)28)14-18-5-4-12-33-18/h4-13,22,27H,14H2,1-3H3/b23-21-. The third-order valence-corrected chi connectivity index (χ3v) is 5.53. The van der Waals surface area contributed by atoms with Gasteiger partial charge in [0.15, 0.2) is 11.5 Å². The molecule has 1 unspecified atom stereocenters. The molecule has 0 radical (unpaired) electrons. The summed E-state index contributed by atoms with van der Waals surface area (Å²) in [6, 6.07) is 14.2. The molecule has 4 rings (SSSR count). The number of amides is 1. The van der Waals surface area contributed by atoms with Crippen LogP contribution in [-0.2, 0) is 16.1 Å². The average molecular weight is 449 g/mol. The number of methoxy groups -OCH3 is 3. The highest BCUT2D eigenvalue weighted by Gasteiger charge is 2.46. The molecule has 170 valence electrons. The zero-order valence-electron chi connectivity index (χ0n) is 18.4. The third kappa shape index (κ3) is 4.03. The minimum absolute atomic E-state index is 0.0241. The zero-order valence-corrected chi connectivity index (χ0v) is 18.4. The lowest BCUT2D eigenvalue weighted by Gasteiger charge is -2.25. The third-order valence-electron chi connectivity index (χ3n) is 5.53. The molecule has 0 saturated carbocycles. The van der Waals surface area contributed by atoms with Crippen molar-refractivity contribution in [3.63, 3.8) is 0 Å². The van der Waals surface area contributed by atoms with E-state index in [1.165, 1.54) is 32.5 Å². The Bertz CT molecular complexity index is 1200. The van der Waals surface area contributed by atoms with Crippen LogP contribution in [0.1, 0.15) is 22.9 Å². The molecule has 1 atom stereocenters. The van der Waals surface area contributed by atoms with Crippen LogP contribution in [0, 0.1) is 0 Å². The van der Waals surface area contributed by atoms with E-state index in [0.29, 0.717) is 34.1 Å². The summed E-state index contributed by atoms with van der Waals surface area (Å²) in [6.07, 6.45) is 1.49.